The van der Waals surface area contributed by atoms with Crippen molar-refractivity contribution in [2.24, 2.45) is 0 Å². The number of nitrogens with one attached hydrogen (secondary N) is 1. The summed E-state index contributed by atoms with van der Waals surface area (Å²) in [7, 11) is 0. The van der Waals surface area contributed by atoms with E-state index in [9.17, 15) is 4.79 Å². The van der Waals surface area contributed by atoms with Crippen LogP contribution in [0.5, 0.6) is 5.75 Å². The van der Waals surface area contributed by atoms with Crippen LogP contribution in [0.15, 0.2) is 47.1 Å². The third kappa shape index (κ3) is 4.46. The lowest BCUT2D eigenvalue weighted by Crippen LogP contribution is -2.37. The molecule has 0 radical (unpaired) electrons. The Morgan fingerprint density at radius 2 is 2.20 bits per heavy atom. The quantitative estimate of drug-likeness (QED) is 0.880. The van der Waals surface area contributed by atoms with E-state index >= 15 is 0 Å². The summed E-state index contributed by atoms with van der Waals surface area (Å²) >= 11 is 0. The number of benzene rings is 1. The molecular formula is C16H19NO3. The summed E-state index contributed by atoms with van der Waals surface area (Å²) in [5.41, 5.74) is 1.11. The molecule has 0 aliphatic heterocycles. The molecule has 0 saturated carbocycles. The Balaban J connectivity index is 1.75. The number of hydrogen-bond acceptors (Lipinski definition) is 3. The molecule has 0 aliphatic carbocycles. The molecule has 20 heavy (non-hydrogen) atoms. The fourth-order valence-corrected chi connectivity index (χ4v) is 1.95. The van der Waals surface area contributed by atoms with Gasteiger partial charge in [-0.3, -0.25) is 4.79 Å². The number of aryl methyl sites for hydroxylation is 1. The number of amides is 1. The van der Waals surface area contributed by atoms with Gasteiger partial charge in [0.1, 0.15) is 11.5 Å². The van der Waals surface area contributed by atoms with Gasteiger partial charge in [-0.25, -0.2) is 0 Å². The number of rotatable bonds is 6. The van der Waals surface area contributed by atoms with Crippen LogP contribution in [0.25, 0.3) is 0 Å². The lowest BCUT2D eigenvalue weighted by molar-refractivity contribution is -0.123. The van der Waals surface area contributed by atoms with Crippen molar-refractivity contribution in [2.45, 2.75) is 26.3 Å². The largest absolute Gasteiger partial charge is 0.484 e. The van der Waals surface area contributed by atoms with E-state index in [4.69, 9.17) is 9.15 Å². The molecule has 1 aromatic heterocycles. The summed E-state index contributed by atoms with van der Waals surface area (Å²) in [5.74, 6) is 1.43. The summed E-state index contributed by atoms with van der Waals surface area (Å²) < 4.78 is 10.7. The Bertz CT molecular complexity index is 549. The smallest absolute Gasteiger partial charge is 0.258 e. The number of hydrogen-bond donors (Lipinski definition) is 1. The van der Waals surface area contributed by atoms with E-state index in [1.165, 1.54) is 0 Å². The average Bonchev–Trinajstić information content (AvgIpc) is 2.89. The van der Waals surface area contributed by atoms with Crippen molar-refractivity contribution in [1.29, 1.82) is 0 Å². The van der Waals surface area contributed by atoms with E-state index in [1.54, 1.807) is 6.26 Å². The molecule has 0 bridgehead atoms. The first-order valence-electron chi connectivity index (χ1n) is 6.64. The first kappa shape index (κ1) is 14.2. The minimum absolute atomic E-state index is 0.00904. The molecular weight excluding hydrogens is 254 g/mol. The van der Waals surface area contributed by atoms with Crippen LogP contribution in [-0.4, -0.2) is 18.6 Å². The molecule has 1 heterocycles. The standard InChI is InChI=1S/C16H19NO3/c1-12-5-3-6-14(9-12)20-11-16(18)17-13(2)10-15-7-4-8-19-15/h3-9,13H,10-11H2,1-2H3,(H,17,18)/t13-/m1/s1. The third-order valence-corrected chi connectivity index (χ3v) is 2.85. The summed E-state index contributed by atoms with van der Waals surface area (Å²) in [6.45, 7) is 3.94. The first-order valence-corrected chi connectivity index (χ1v) is 6.64. The van der Waals surface area contributed by atoms with Crippen LogP contribution >= 0.6 is 0 Å². The van der Waals surface area contributed by atoms with Crippen molar-refractivity contribution in [1.82, 2.24) is 5.32 Å². The van der Waals surface area contributed by atoms with Crippen molar-refractivity contribution in [3.8, 4) is 5.75 Å². The van der Waals surface area contributed by atoms with Crippen molar-refractivity contribution in [2.75, 3.05) is 6.61 Å². The van der Waals surface area contributed by atoms with Crippen molar-refractivity contribution >= 4 is 5.91 Å². The summed E-state index contributed by atoms with van der Waals surface area (Å²) in [6.07, 6.45) is 2.30. The summed E-state index contributed by atoms with van der Waals surface area (Å²) in [5, 5.41) is 2.88. The summed E-state index contributed by atoms with van der Waals surface area (Å²) in [6, 6.07) is 11.4. The van der Waals surface area contributed by atoms with Crippen LogP contribution in [0, 0.1) is 6.92 Å². The molecule has 0 saturated heterocycles. The number of ether oxygens (including phenoxy) is 1. The van der Waals surface area contributed by atoms with E-state index in [-0.39, 0.29) is 18.6 Å². The maximum atomic E-state index is 11.8. The van der Waals surface area contributed by atoms with Crippen LogP contribution in [0.1, 0.15) is 18.2 Å². The Kier molecular flexibility index (Phi) is 4.82. The zero-order valence-corrected chi connectivity index (χ0v) is 11.8. The molecule has 0 aliphatic rings. The first-order chi connectivity index (χ1) is 9.63. The number of carbonyl (C=O) groups excluding carboxylic acids is 1. The molecule has 1 aromatic carbocycles. The second-order valence-corrected chi connectivity index (χ2v) is 4.86. The molecule has 2 aromatic rings. The predicted octanol–water partition coefficient (Wildman–Crippen LogP) is 2.71. The van der Waals surface area contributed by atoms with Crippen LogP contribution in [-0.2, 0) is 11.2 Å². The lowest BCUT2D eigenvalue weighted by atomic mass is 10.2. The van der Waals surface area contributed by atoms with Crippen LogP contribution < -0.4 is 10.1 Å². The monoisotopic (exact) mass is 273 g/mol. The Morgan fingerprint density at radius 1 is 1.35 bits per heavy atom. The van der Waals surface area contributed by atoms with E-state index in [1.807, 2.05) is 50.2 Å². The molecule has 1 atom stereocenters. The van der Waals surface area contributed by atoms with Gasteiger partial charge in [0.2, 0.25) is 0 Å². The van der Waals surface area contributed by atoms with Gasteiger partial charge in [0.15, 0.2) is 6.61 Å². The topological polar surface area (TPSA) is 51.5 Å². The van der Waals surface area contributed by atoms with Crippen molar-refractivity contribution < 1.29 is 13.9 Å². The molecule has 0 unspecified atom stereocenters. The van der Waals surface area contributed by atoms with Gasteiger partial charge in [-0.2, -0.15) is 0 Å². The minimum atomic E-state index is -0.134. The number of furan rings is 1. The molecule has 4 nitrogen and oxygen atoms in total. The van der Waals surface area contributed by atoms with E-state index in [0.717, 1.165) is 11.3 Å². The molecule has 1 N–H and O–H groups in total. The van der Waals surface area contributed by atoms with Gasteiger partial charge >= 0.3 is 0 Å². The summed E-state index contributed by atoms with van der Waals surface area (Å²) in [4.78, 5) is 11.8. The SMILES string of the molecule is Cc1cccc(OCC(=O)N[C@H](C)Cc2ccco2)c1. The second kappa shape index (κ2) is 6.80. The highest BCUT2D eigenvalue weighted by atomic mass is 16.5. The molecule has 0 fully saturated rings. The van der Waals surface area contributed by atoms with Crippen molar-refractivity contribution in [3.05, 3.63) is 54.0 Å². The third-order valence-electron chi connectivity index (χ3n) is 2.85. The normalized spacial score (nSPS) is 11.9. The fourth-order valence-electron chi connectivity index (χ4n) is 1.95. The van der Waals surface area contributed by atoms with Gasteiger partial charge in [-0.1, -0.05) is 12.1 Å². The van der Waals surface area contributed by atoms with Gasteiger partial charge in [0.05, 0.1) is 6.26 Å². The average molecular weight is 273 g/mol. The van der Waals surface area contributed by atoms with E-state index in [2.05, 4.69) is 5.32 Å². The van der Waals surface area contributed by atoms with E-state index in [0.29, 0.717) is 12.2 Å². The molecule has 1 amide bonds. The van der Waals surface area contributed by atoms with Crippen molar-refractivity contribution in [3.63, 3.8) is 0 Å². The van der Waals surface area contributed by atoms with Gasteiger partial charge in [0.25, 0.3) is 5.91 Å². The highest BCUT2D eigenvalue weighted by Gasteiger charge is 2.10. The zero-order valence-electron chi connectivity index (χ0n) is 11.8. The minimum Gasteiger partial charge on any atom is -0.484 e. The fraction of sp³-hybridized carbons (Fsp3) is 0.312. The molecule has 0 spiro atoms. The highest BCUT2D eigenvalue weighted by molar-refractivity contribution is 5.77. The van der Waals surface area contributed by atoms with Gasteiger partial charge in [-0.15, -0.1) is 0 Å². The van der Waals surface area contributed by atoms with Gasteiger partial charge in [0, 0.05) is 12.5 Å². The van der Waals surface area contributed by atoms with Crippen LogP contribution in [0.3, 0.4) is 0 Å². The highest BCUT2D eigenvalue weighted by Crippen LogP contribution is 2.12. The van der Waals surface area contributed by atoms with Crippen LogP contribution in [0.2, 0.25) is 0 Å². The van der Waals surface area contributed by atoms with E-state index < -0.39 is 0 Å². The molecule has 2 rings (SSSR count). The lowest BCUT2D eigenvalue weighted by Gasteiger charge is -2.13. The number of carbonyl (C=O) groups is 1. The van der Waals surface area contributed by atoms with Gasteiger partial charge in [-0.05, 0) is 43.7 Å². The van der Waals surface area contributed by atoms with Gasteiger partial charge < -0.3 is 14.5 Å². The Morgan fingerprint density at radius 3 is 2.90 bits per heavy atom. The molecule has 106 valence electrons. The maximum absolute atomic E-state index is 11.8. The predicted molar refractivity (Wildman–Crippen MR) is 76.7 cm³/mol. The second-order valence-electron chi connectivity index (χ2n) is 4.86. The maximum Gasteiger partial charge on any atom is 0.258 e. The molecule has 4 heteroatoms. The Hall–Kier alpha value is -2.23. The van der Waals surface area contributed by atoms with Crippen LogP contribution in [0.4, 0.5) is 0 Å². The zero-order chi connectivity index (χ0) is 14.4. The Labute approximate surface area is 118 Å².